The number of benzene rings is 2. The second-order valence-electron chi connectivity index (χ2n) is 6.35. The third-order valence-corrected chi connectivity index (χ3v) is 4.23. The number of halogens is 2. The van der Waals surface area contributed by atoms with E-state index in [1.54, 1.807) is 6.92 Å². The molecule has 2 N–H and O–H groups in total. The first-order chi connectivity index (χ1) is 14.0. The van der Waals surface area contributed by atoms with Gasteiger partial charge in [0.1, 0.15) is 12.4 Å². The molecule has 0 aliphatic carbocycles. The van der Waals surface area contributed by atoms with Gasteiger partial charge in [0.05, 0.1) is 17.1 Å². The van der Waals surface area contributed by atoms with Gasteiger partial charge in [0, 0.05) is 6.07 Å². The molecule has 0 aliphatic heterocycles. The molecule has 0 fully saturated rings. The van der Waals surface area contributed by atoms with Crippen LogP contribution in [0.3, 0.4) is 0 Å². The molecule has 0 bridgehead atoms. The van der Waals surface area contributed by atoms with E-state index < -0.39 is 29.3 Å². The molecular weight excluding hydrogens is 382 g/mol. The Hall–Kier alpha value is -3.75. The minimum Gasteiger partial charge on any atom is -0.479 e. The van der Waals surface area contributed by atoms with Gasteiger partial charge in [0.25, 0.3) is 5.91 Å². The average molecular weight is 398 g/mol. The molecule has 9 heteroatoms. The van der Waals surface area contributed by atoms with Crippen LogP contribution in [0.1, 0.15) is 35.0 Å². The molecule has 0 radical (unpaired) electrons. The monoisotopic (exact) mass is 398 g/mol. The molecule has 1 atom stereocenters. The summed E-state index contributed by atoms with van der Waals surface area (Å²) in [6.07, 6.45) is 0. The van der Waals surface area contributed by atoms with Gasteiger partial charge in [-0.1, -0.05) is 23.4 Å². The lowest BCUT2D eigenvalue weighted by Gasteiger charge is -2.09. The number of aromatic amines is 1. The number of fused-ring (bicyclic) bond motifs is 1. The summed E-state index contributed by atoms with van der Waals surface area (Å²) in [6.45, 7) is 1.50. The van der Waals surface area contributed by atoms with Gasteiger partial charge in [-0.05, 0) is 31.2 Å². The maximum atomic E-state index is 13.6. The number of aromatic nitrogens is 3. The van der Waals surface area contributed by atoms with Crippen LogP contribution in [0.25, 0.3) is 11.0 Å². The highest BCUT2D eigenvalue weighted by Crippen LogP contribution is 2.22. The van der Waals surface area contributed by atoms with Crippen molar-refractivity contribution in [2.75, 3.05) is 0 Å². The SMILES string of the molecule is C[C@H](NC(=O)c1cc(COc2c(F)cccc2F)on1)c1nc2ccccc2[nH]1. The number of H-pyrrole nitrogens is 1. The molecule has 4 aromatic rings. The van der Waals surface area contributed by atoms with Crippen molar-refractivity contribution in [3.63, 3.8) is 0 Å². The van der Waals surface area contributed by atoms with E-state index in [0.29, 0.717) is 5.82 Å². The summed E-state index contributed by atoms with van der Waals surface area (Å²) in [4.78, 5) is 20.0. The Kier molecular flexibility index (Phi) is 4.94. The van der Waals surface area contributed by atoms with E-state index in [4.69, 9.17) is 9.26 Å². The summed E-state index contributed by atoms with van der Waals surface area (Å²) >= 11 is 0. The fourth-order valence-corrected chi connectivity index (χ4v) is 2.77. The molecule has 0 aliphatic rings. The molecule has 0 saturated carbocycles. The number of ether oxygens (including phenoxy) is 1. The highest BCUT2D eigenvalue weighted by molar-refractivity contribution is 5.92. The van der Waals surface area contributed by atoms with Crippen molar-refractivity contribution in [1.82, 2.24) is 20.4 Å². The van der Waals surface area contributed by atoms with E-state index >= 15 is 0 Å². The van der Waals surface area contributed by atoms with Crippen molar-refractivity contribution in [2.45, 2.75) is 19.6 Å². The molecule has 29 heavy (non-hydrogen) atoms. The fourth-order valence-electron chi connectivity index (χ4n) is 2.77. The smallest absolute Gasteiger partial charge is 0.274 e. The fraction of sp³-hybridized carbons (Fsp3) is 0.150. The van der Waals surface area contributed by atoms with E-state index in [1.165, 1.54) is 12.1 Å². The van der Waals surface area contributed by atoms with Crippen LogP contribution in [0.15, 0.2) is 53.1 Å². The zero-order valence-electron chi connectivity index (χ0n) is 15.3. The number of carbonyl (C=O) groups excluding carboxylic acids is 1. The lowest BCUT2D eigenvalue weighted by atomic mass is 10.3. The van der Waals surface area contributed by atoms with Crippen molar-refractivity contribution in [2.24, 2.45) is 0 Å². The molecule has 2 aromatic carbocycles. The molecule has 2 aromatic heterocycles. The maximum Gasteiger partial charge on any atom is 0.274 e. The lowest BCUT2D eigenvalue weighted by molar-refractivity contribution is 0.0929. The van der Waals surface area contributed by atoms with E-state index in [2.05, 4.69) is 20.4 Å². The van der Waals surface area contributed by atoms with Crippen LogP contribution in [0.2, 0.25) is 0 Å². The van der Waals surface area contributed by atoms with Gasteiger partial charge in [-0.3, -0.25) is 4.79 Å². The topological polar surface area (TPSA) is 93.0 Å². The number of hydrogen-bond donors (Lipinski definition) is 2. The molecule has 148 valence electrons. The largest absolute Gasteiger partial charge is 0.479 e. The molecule has 2 heterocycles. The van der Waals surface area contributed by atoms with Crippen LogP contribution in [0, 0.1) is 11.6 Å². The molecule has 0 saturated heterocycles. The van der Waals surface area contributed by atoms with Crippen LogP contribution in [-0.4, -0.2) is 21.0 Å². The zero-order valence-corrected chi connectivity index (χ0v) is 15.3. The summed E-state index contributed by atoms with van der Waals surface area (Å²) in [5, 5.41) is 6.44. The number of hydrogen-bond acceptors (Lipinski definition) is 5. The quantitative estimate of drug-likeness (QED) is 0.514. The number of imidazole rings is 1. The van der Waals surface area contributed by atoms with Crippen molar-refractivity contribution >= 4 is 16.9 Å². The molecule has 0 unspecified atom stereocenters. The maximum absolute atomic E-state index is 13.6. The van der Waals surface area contributed by atoms with E-state index in [1.807, 2.05) is 24.3 Å². The normalized spacial score (nSPS) is 12.1. The minimum atomic E-state index is -0.831. The highest BCUT2D eigenvalue weighted by atomic mass is 19.1. The predicted molar refractivity (Wildman–Crippen MR) is 99.2 cm³/mol. The van der Waals surface area contributed by atoms with Crippen LogP contribution < -0.4 is 10.1 Å². The second-order valence-corrected chi connectivity index (χ2v) is 6.35. The van der Waals surface area contributed by atoms with E-state index in [-0.39, 0.29) is 18.1 Å². The van der Waals surface area contributed by atoms with Crippen LogP contribution in [0.5, 0.6) is 5.75 Å². The number of carbonyl (C=O) groups is 1. The third-order valence-electron chi connectivity index (χ3n) is 4.23. The first kappa shape index (κ1) is 18.6. The Labute approximate surface area is 163 Å². The first-order valence-corrected chi connectivity index (χ1v) is 8.79. The van der Waals surface area contributed by atoms with Crippen molar-refractivity contribution in [3.8, 4) is 5.75 Å². The second kappa shape index (κ2) is 7.70. The Bertz CT molecular complexity index is 1120. The summed E-state index contributed by atoms with van der Waals surface area (Å²) < 4.78 is 37.3. The van der Waals surface area contributed by atoms with Crippen LogP contribution in [-0.2, 0) is 6.61 Å². The number of rotatable bonds is 6. The Morgan fingerprint density at radius 3 is 2.72 bits per heavy atom. The van der Waals surface area contributed by atoms with Gasteiger partial charge < -0.3 is 19.6 Å². The third kappa shape index (κ3) is 3.93. The van der Waals surface area contributed by atoms with Crippen molar-refractivity contribution in [1.29, 1.82) is 0 Å². The number of nitrogens with one attached hydrogen (secondary N) is 2. The van der Waals surface area contributed by atoms with Crippen molar-refractivity contribution in [3.05, 3.63) is 77.4 Å². The molecular formula is C20H16F2N4O3. The standard InChI is InChI=1S/C20H16F2N4O3/c1-11(19-24-15-7-2-3-8-16(15)25-19)23-20(27)17-9-12(29-26-17)10-28-18-13(21)5-4-6-14(18)22/h2-9,11H,10H2,1H3,(H,23,27)(H,24,25)/t11-/m0/s1. The van der Waals surface area contributed by atoms with E-state index in [0.717, 1.165) is 23.2 Å². The molecule has 0 spiro atoms. The van der Waals surface area contributed by atoms with Gasteiger partial charge in [0.2, 0.25) is 0 Å². The summed E-state index contributed by atoms with van der Waals surface area (Å²) in [5.74, 6) is -1.92. The van der Waals surface area contributed by atoms with Gasteiger partial charge in [-0.2, -0.15) is 0 Å². The number of amides is 1. The van der Waals surface area contributed by atoms with Crippen LogP contribution >= 0.6 is 0 Å². The predicted octanol–water partition coefficient (Wildman–Crippen LogP) is 3.90. The Morgan fingerprint density at radius 2 is 1.97 bits per heavy atom. The van der Waals surface area contributed by atoms with Crippen molar-refractivity contribution < 1.29 is 22.8 Å². The minimum absolute atomic E-state index is 0.0144. The van der Waals surface area contributed by atoms with Gasteiger partial charge in [-0.25, -0.2) is 13.8 Å². The zero-order chi connectivity index (χ0) is 20.4. The Morgan fingerprint density at radius 1 is 1.21 bits per heavy atom. The number of para-hydroxylation sites is 3. The lowest BCUT2D eigenvalue weighted by Crippen LogP contribution is -2.27. The molecule has 1 amide bonds. The summed E-state index contributed by atoms with van der Waals surface area (Å²) in [6, 6.07) is 11.9. The number of nitrogens with zero attached hydrogens (tertiary/aromatic N) is 2. The van der Waals surface area contributed by atoms with Gasteiger partial charge in [0.15, 0.2) is 28.8 Å². The van der Waals surface area contributed by atoms with Gasteiger partial charge in [-0.15, -0.1) is 0 Å². The summed E-state index contributed by atoms with van der Waals surface area (Å²) in [7, 11) is 0. The van der Waals surface area contributed by atoms with Crippen LogP contribution in [0.4, 0.5) is 8.78 Å². The summed E-state index contributed by atoms with van der Waals surface area (Å²) in [5.41, 5.74) is 1.68. The molecule has 7 nitrogen and oxygen atoms in total. The first-order valence-electron chi connectivity index (χ1n) is 8.79. The Balaban J connectivity index is 1.40. The average Bonchev–Trinajstić information content (AvgIpc) is 3.34. The highest BCUT2D eigenvalue weighted by Gasteiger charge is 2.19. The molecule has 4 rings (SSSR count). The van der Waals surface area contributed by atoms with E-state index in [9.17, 15) is 13.6 Å². The van der Waals surface area contributed by atoms with Gasteiger partial charge >= 0.3 is 0 Å².